The van der Waals surface area contributed by atoms with Crippen LogP contribution < -0.4 is 74.9 Å². The predicted octanol–water partition coefficient (Wildman–Crippen LogP) is -4.00. The zero-order chi connectivity index (χ0) is 104. The minimum Gasteiger partial charge on any atom is -0.481 e. The number of carboxylic acid groups (broad SMARTS) is 1. The van der Waals surface area contributed by atoms with Crippen LogP contribution in [0.2, 0.25) is 0 Å². The van der Waals surface area contributed by atoms with Gasteiger partial charge in [-0.3, -0.25) is 116 Å². The van der Waals surface area contributed by atoms with Crippen molar-refractivity contribution in [3.63, 3.8) is 0 Å². The summed E-state index contributed by atoms with van der Waals surface area (Å²) in [4.78, 5) is 245. The smallest absolute Gasteiger partial charge is 0.319 e. The molecular formula is C93H143N23O26S. The van der Waals surface area contributed by atoms with E-state index >= 15 is 0 Å². The number of aryl methyl sites for hydroxylation is 1. The number of aliphatic carboxylic acids is 1. The molecule has 0 saturated carbocycles. The molecule has 143 heavy (non-hydrogen) atoms. The molecule has 3 aliphatic heterocycles. The molecule has 6 atom stereocenters. The van der Waals surface area contributed by atoms with Gasteiger partial charge in [-0.15, -0.1) is 16.9 Å². The highest BCUT2D eigenvalue weighted by Gasteiger charge is 2.40. The first-order valence-corrected chi connectivity index (χ1v) is 49.1. The van der Waals surface area contributed by atoms with Crippen LogP contribution in [0.25, 0.3) is 0 Å². The van der Waals surface area contributed by atoms with E-state index in [-0.39, 0.29) is 219 Å². The van der Waals surface area contributed by atoms with Crippen molar-refractivity contribution in [3.05, 3.63) is 89.4 Å². The van der Waals surface area contributed by atoms with E-state index in [0.717, 1.165) is 16.2 Å². The van der Waals surface area contributed by atoms with Crippen molar-refractivity contribution in [1.82, 2.24) is 103 Å². The maximum atomic E-state index is 14.1. The molecule has 2 aromatic carbocycles. The summed E-state index contributed by atoms with van der Waals surface area (Å²) in [5.74, 6) is -10.3. The molecule has 3 fully saturated rings. The number of hydrogen-bond acceptors (Lipinski definition) is 34. The Morgan fingerprint density at radius 1 is 0.545 bits per heavy atom. The van der Waals surface area contributed by atoms with Crippen molar-refractivity contribution in [2.75, 3.05) is 210 Å². The number of allylic oxidation sites excluding steroid dienone is 2. The lowest BCUT2D eigenvalue weighted by Gasteiger charge is -2.33. The molecule has 3 saturated heterocycles. The molecule has 17 N–H and O–H groups in total. The number of carbonyl (C=O) groups is 18. The second-order valence-corrected chi connectivity index (χ2v) is 35.4. The van der Waals surface area contributed by atoms with Crippen molar-refractivity contribution >= 4 is 130 Å². The van der Waals surface area contributed by atoms with Crippen LogP contribution in [0.1, 0.15) is 126 Å². The molecule has 0 bridgehead atoms. The molecule has 50 heteroatoms. The van der Waals surface area contributed by atoms with Gasteiger partial charge in [-0.25, -0.2) is 4.68 Å². The molecule has 3 aliphatic rings. The molecule has 3 aromatic rings. The lowest BCUT2D eigenvalue weighted by molar-refractivity contribution is -0.144. The first-order valence-electron chi connectivity index (χ1n) is 48.0. The fourth-order valence-corrected chi connectivity index (χ4v) is 15.9. The normalized spacial score (nSPS) is 17.6. The van der Waals surface area contributed by atoms with E-state index in [0.29, 0.717) is 120 Å². The van der Waals surface area contributed by atoms with Crippen LogP contribution in [0.15, 0.2) is 72.6 Å². The topological polar surface area (TPSA) is 645 Å². The summed E-state index contributed by atoms with van der Waals surface area (Å²) in [5, 5.41) is 59.6. The van der Waals surface area contributed by atoms with E-state index in [2.05, 4.69) is 79.4 Å². The number of methoxy groups -OCH3 is 3. The number of nitrogens with one attached hydrogen (secondary N) is 14. The highest BCUT2D eigenvalue weighted by atomic mass is 32.2. The van der Waals surface area contributed by atoms with E-state index in [4.69, 9.17) is 44.3 Å². The lowest BCUT2D eigenvalue weighted by Crippen LogP contribution is -2.58. The lowest BCUT2D eigenvalue weighted by atomic mass is 10.0. The van der Waals surface area contributed by atoms with Crippen LogP contribution in [0, 0.1) is 5.41 Å². The molecule has 1 aromatic heterocycles. The standard InChI is InChI=1S/C93H143N23O26S/c1-64(96-2)52-69(117)27-24-65-22-25-67(26-23-65)103-77(119)21-11-14-51-143-75-55-82(124)116(92(75)135)34-28-78(120)104-70(18-9-13-31-98-81(123)60-115-58-68(109-110-115)56-101-80(122)59-111-35-37-112(61-84(127)136-3)39-41-114(63-86(129)138-5)42-40-113(38-36-111)62-85(128)137-4)87(130)99-33-44-140-46-48-142-50-49-141-47-45-139-43-29-76(118)97-30-12-10-19-72-89(132)106-71(20-15-32-100-93(94)95)88(131)102-57-79(121)105-74(54-83(125)126)91(134)108-73(90(133)107-72)53-66-16-7-6-8-17-66/h6-8,16-17,22-23,25-26,52,58,70-75,96H,9-15,18-21,24,27-51,53-57,59-63H2,1-5H3,(H,97,118)(H,98,123)(H,99,130)(H,101,122)(H,102,131)(H,103,119)(H,104,120)(H,105,121)(H,106,132)(H,107,133)(H,108,134)(H,125,126)(H4,94,95,100)/b64-52-/t70?,71-,72-,73+,74-,75?/m0/s1. The number of likely N-dealkylation sites (tertiary alicyclic amines) is 1. The summed E-state index contributed by atoms with van der Waals surface area (Å²) in [6.07, 6.45) is 5.63. The number of esters is 3. The number of ketones is 1. The Morgan fingerprint density at radius 2 is 1.09 bits per heavy atom. The minimum atomic E-state index is -1.66. The molecule has 0 spiro atoms. The number of imide groups is 1. The van der Waals surface area contributed by atoms with Gasteiger partial charge in [-0.1, -0.05) is 47.7 Å². The average molecular weight is 2030 g/mol. The first-order chi connectivity index (χ1) is 68.8. The van der Waals surface area contributed by atoms with Crippen LogP contribution >= 0.6 is 11.8 Å². The number of amides is 13. The third kappa shape index (κ3) is 50.7. The first kappa shape index (κ1) is 119. The van der Waals surface area contributed by atoms with Gasteiger partial charge < -0.3 is 113 Å². The Balaban J connectivity index is 0.914. The molecular weight excluding hydrogens is 1890 g/mol. The number of aromatic nitrogens is 3. The number of anilines is 1. The van der Waals surface area contributed by atoms with Crippen molar-refractivity contribution in [2.24, 2.45) is 5.73 Å². The molecule has 0 aliphatic carbocycles. The molecule has 4 heterocycles. The summed E-state index contributed by atoms with van der Waals surface area (Å²) in [7, 11) is 5.62. The Bertz CT molecular complexity index is 4600. The number of ether oxygens (including phenoxy) is 7. The maximum Gasteiger partial charge on any atom is 0.319 e. The number of hydrogen-bond donors (Lipinski definition) is 16. The van der Waals surface area contributed by atoms with Crippen LogP contribution in [-0.2, 0) is 145 Å². The fraction of sp³-hybridized carbons (Fsp3) is 0.624. The zero-order valence-corrected chi connectivity index (χ0v) is 83.1. The summed E-state index contributed by atoms with van der Waals surface area (Å²) in [5.41, 5.74) is 8.73. The number of rotatable bonds is 62. The van der Waals surface area contributed by atoms with E-state index in [1.54, 1.807) is 55.6 Å². The zero-order valence-electron chi connectivity index (χ0n) is 82.3. The van der Waals surface area contributed by atoms with Crippen molar-refractivity contribution < 1.29 is 125 Å². The average Bonchev–Trinajstić information content (AvgIpc) is 1.68. The number of unbranched alkanes of at least 4 members (excludes halogenated alkanes) is 3. The summed E-state index contributed by atoms with van der Waals surface area (Å²) in [6, 6.07) is 9.18. The van der Waals surface area contributed by atoms with E-state index in [1.807, 2.05) is 38.7 Å². The summed E-state index contributed by atoms with van der Waals surface area (Å²) >= 11 is 1.30. The Morgan fingerprint density at radius 3 is 1.69 bits per heavy atom. The Hall–Kier alpha value is -12.7. The highest BCUT2D eigenvalue weighted by molar-refractivity contribution is 8.00. The number of nitrogens with zero attached hydrogens (tertiary/aromatic N) is 8. The Labute approximate surface area is 835 Å². The minimum absolute atomic E-state index is 0.00381. The number of carbonyl (C=O) groups excluding carboxylic acids is 17. The summed E-state index contributed by atoms with van der Waals surface area (Å²) < 4.78 is 38.6. The molecule has 792 valence electrons. The van der Waals surface area contributed by atoms with Gasteiger partial charge in [-0.2, -0.15) is 0 Å². The van der Waals surface area contributed by atoms with Gasteiger partial charge >= 0.3 is 23.9 Å². The second-order valence-electron chi connectivity index (χ2n) is 34.1. The van der Waals surface area contributed by atoms with Crippen molar-refractivity contribution in [2.45, 2.75) is 171 Å². The maximum absolute atomic E-state index is 14.1. The second kappa shape index (κ2) is 68.5. The Kier molecular flexibility index (Phi) is 57.0. The molecule has 6 rings (SSSR count). The number of carboxylic acids is 1. The van der Waals surface area contributed by atoms with Crippen molar-refractivity contribution in [3.8, 4) is 0 Å². The van der Waals surface area contributed by atoms with Gasteiger partial charge in [0, 0.05) is 142 Å². The van der Waals surface area contributed by atoms with Gasteiger partial charge in [0.2, 0.25) is 76.8 Å². The van der Waals surface area contributed by atoms with Gasteiger partial charge in [-0.05, 0) is 113 Å². The number of thioether (sulfide) groups is 1. The fourth-order valence-electron chi connectivity index (χ4n) is 14.8. The van der Waals surface area contributed by atoms with Gasteiger partial charge in [0.1, 0.15) is 42.4 Å². The van der Waals surface area contributed by atoms with Crippen LogP contribution in [0.3, 0.4) is 0 Å². The molecule has 49 nitrogen and oxygen atoms in total. The molecule has 0 radical (unpaired) electrons. The van der Waals surface area contributed by atoms with Gasteiger partial charge in [0.15, 0.2) is 11.7 Å². The summed E-state index contributed by atoms with van der Waals surface area (Å²) in [6.45, 7) is 5.15. The SMILES string of the molecule is CN/C(C)=C\C(=O)CCc1ccc(NC(=O)CCCCSC2CC(=O)N(CCC(=O)NC(CCCCNC(=O)Cn3cc(CNC(=O)CN4CCN(CC(=O)OC)CCN(CC(=O)OC)CCN(CC(=O)OC)CC4)nn3)C(=O)NCCOCCOCCOCCOCCC(=O)NCCCC[C@@H]3NC(=O)[C@@H](Cc4ccccc4)NC(=O)[C@H](CC(=O)O)NC(=O)CNC(=O)[C@H](CCCNC(=N)N)NC3=O)C2=O)cc1. The molecule has 2 unspecified atom stereocenters. The number of guanidine groups is 1. The number of benzene rings is 2. The third-order valence-electron chi connectivity index (χ3n) is 22.8. The van der Waals surface area contributed by atoms with Gasteiger partial charge in [0.05, 0.1) is 131 Å². The quantitative estimate of drug-likeness (QED) is 0.00487. The third-order valence-corrected chi connectivity index (χ3v) is 24.1. The predicted molar refractivity (Wildman–Crippen MR) is 520 cm³/mol. The number of nitrogens with two attached hydrogens (primary N) is 1. The van der Waals surface area contributed by atoms with Crippen LogP contribution in [0.4, 0.5) is 5.69 Å². The largest absolute Gasteiger partial charge is 0.481 e. The monoisotopic (exact) mass is 2030 g/mol. The van der Waals surface area contributed by atoms with E-state index in [1.165, 1.54) is 44.0 Å². The highest BCUT2D eigenvalue weighted by Crippen LogP contribution is 2.27. The van der Waals surface area contributed by atoms with Gasteiger partial charge in [0.25, 0.3) is 0 Å². The van der Waals surface area contributed by atoms with Crippen LogP contribution in [0.5, 0.6) is 0 Å². The van der Waals surface area contributed by atoms with E-state index in [9.17, 15) is 91.4 Å². The van der Waals surface area contributed by atoms with Crippen LogP contribution in [-0.4, -0.2) is 397 Å². The van der Waals surface area contributed by atoms with E-state index < -0.39 is 131 Å². The molecule has 13 amide bonds. The van der Waals surface area contributed by atoms with Crippen molar-refractivity contribution in [1.29, 1.82) is 5.41 Å².